The zero-order valence-electron chi connectivity index (χ0n) is 16.4. The minimum Gasteiger partial charge on any atom is -0.322 e. The van der Waals surface area contributed by atoms with Crippen LogP contribution in [-0.2, 0) is 27.7 Å². The monoisotopic (exact) mass is 435 g/mol. The highest BCUT2D eigenvalue weighted by molar-refractivity contribution is 7.89. The van der Waals surface area contributed by atoms with E-state index in [-0.39, 0.29) is 25.3 Å². The third-order valence-electron chi connectivity index (χ3n) is 5.61. The predicted molar refractivity (Wildman–Crippen MR) is 109 cm³/mol. The van der Waals surface area contributed by atoms with Crippen molar-refractivity contribution in [2.24, 2.45) is 0 Å². The minimum absolute atomic E-state index is 0.00352. The topological polar surface area (TPSA) is 69.7 Å². The number of benzene rings is 2. The van der Waals surface area contributed by atoms with Crippen LogP contribution in [0.2, 0.25) is 0 Å². The molecule has 0 atom stereocenters. The molecule has 2 aromatic carbocycles. The summed E-state index contributed by atoms with van der Waals surface area (Å²) in [6, 6.07) is 8.32. The Morgan fingerprint density at radius 1 is 0.967 bits per heavy atom. The molecule has 0 unspecified atom stereocenters. The van der Waals surface area contributed by atoms with Crippen molar-refractivity contribution in [2.75, 3.05) is 38.0 Å². The van der Waals surface area contributed by atoms with Crippen LogP contribution in [0.25, 0.3) is 0 Å². The van der Waals surface area contributed by atoms with Gasteiger partial charge in [0.05, 0.1) is 17.1 Å². The molecule has 2 aromatic rings. The van der Waals surface area contributed by atoms with Gasteiger partial charge in [-0.05, 0) is 54.7 Å². The van der Waals surface area contributed by atoms with E-state index in [0.717, 1.165) is 30.9 Å². The SMILES string of the molecule is O=C(CN1CCN(S(=O)(=O)c2ccc3c(c2)CCC3)CC1)Nc1ccc(F)cc1F. The third kappa shape index (κ3) is 4.38. The second-order valence-corrected chi connectivity index (χ2v) is 9.57. The van der Waals surface area contributed by atoms with Crippen LogP contribution in [-0.4, -0.2) is 56.3 Å². The molecule has 160 valence electrons. The molecule has 6 nitrogen and oxygen atoms in total. The first kappa shape index (κ1) is 20.9. The van der Waals surface area contributed by atoms with Crippen LogP contribution >= 0.6 is 0 Å². The summed E-state index contributed by atoms with van der Waals surface area (Å²) in [5.41, 5.74) is 2.25. The molecule has 1 heterocycles. The molecular weight excluding hydrogens is 412 g/mol. The Bertz CT molecular complexity index is 1070. The number of carbonyl (C=O) groups excluding carboxylic acids is 1. The quantitative estimate of drug-likeness (QED) is 0.783. The molecule has 2 aliphatic rings. The van der Waals surface area contributed by atoms with Crippen molar-refractivity contribution >= 4 is 21.6 Å². The molecule has 1 saturated heterocycles. The van der Waals surface area contributed by atoms with Crippen LogP contribution in [0.4, 0.5) is 14.5 Å². The van der Waals surface area contributed by atoms with E-state index in [4.69, 9.17) is 0 Å². The summed E-state index contributed by atoms with van der Waals surface area (Å²) in [4.78, 5) is 14.3. The number of hydrogen-bond acceptors (Lipinski definition) is 4. The summed E-state index contributed by atoms with van der Waals surface area (Å²) in [7, 11) is -3.57. The summed E-state index contributed by atoms with van der Waals surface area (Å²) in [6.07, 6.45) is 2.97. The number of hydrogen-bond donors (Lipinski definition) is 1. The lowest BCUT2D eigenvalue weighted by molar-refractivity contribution is -0.117. The van der Waals surface area contributed by atoms with Gasteiger partial charge in [-0.1, -0.05) is 6.07 Å². The van der Waals surface area contributed by atoms with E-state index >= 15 is 0 Å². The van der Waals surface area contributed by atoms with E-state index in [1.54, 1.807) is 12.1 Å². The van der Waals surface area contributed by atoms with Gasteiger partial charge in [0, 0.05) is 32.2 Å². The summed E-state index contributed by atoms with van der Waals surface area (Å²) < 4.78 is 54.0. The summed E-state index contributed by atoms with van der Waals surface area (Å²) >= 11 is 0. The van der Waals surface area contributed by atoms with Crippen molar-refractivity contribution in [3.63, 3.8) is 0 Å². The maximum Gasteiger partial charge on any atom is 0.243 e. The first-order chi connectivity index (χ1) is 14.3. The van der Waals surface area contributed by atoms with E-state index in [1.165, 1.54) is 15.9 Å². The molecule has 1 aliphatic heterocycles. The Hall–Kier alpha value is -2.36. The van der Waals surface area contributed by atoms with E-state index in [0.29, 0.717) is 24.1 Å². The first-order valence-electron chi connectivity index (χ1n) is 9.92. The Kier molecular flexibility index (Phi) is 5.86. The highest BCUT2D eigenvalue weighted by atomic mass is 32.2. The van der Waals surface area contributed by atoms with Crippen molar-refractivity contribution in [1.29, 1.82) is 0 Å². The molecule has 0 spiro atoms. The van der Waals surface area contributed by atoms with Crippen molar-refractivity contribution in [1.82, 2.24) is 9.21 Å². The number of piperazine rings is 1. The summed E-state index contributed by atoms with van der Waals surface area (Å²) in [5.74, 6) is -1.99. The fourth-order valence-electron chi connectivity index (χ4n) is 3.97. The van der Waals surface area contributed by atoms with E-state index < -0.39 is 27.6 Å². The molecule has 9 heteroatoms. The number of rotatable bonds is 5. The van der Waals surface area contributed by atoms with Crippen LogP contribution in [0.3, 0.4) is 0 Å². The van der Waals surface area contributed by atoms with Gasteiger partial charge in [0.2, 0.25) is 15.9 Å². The second kappa shape index (κ2) is 8.41. The first-order valence-corrected chi connectivity index (χ1v) is 11.4. The van der Waals surface area contributed by atoms with E-state index in [2.05, 4.69) is 5.32 Å². The van der Waals surface area contributed by atoms with Crippen LogP contribution in [0, 0.1) is 11.6 Å². The molecule has 0 aromatic heterocycles. The highest BCUT2D eigenvalue weighted by Gasteiger charge is 2.30. The van der Waals surface area contributed by atoms with Crippen molar-refractivity contribution < 1.29 is 22.0 Å². The lowest BCUT2D eigenvalue weighted by Gasteiger charge is -2.33. The number of anilines is 1. The molecule has 0 saturated carbocycles. The van der Waals surface area contributed by atoms with Crippen molar-refractivity contribution in [2.45, 2.75) is 24.2 Å². The van der Waals surface area contributed by atoms with Crippen LogP contribution in [0.5, 0.6) is 0 Å². The third-order valence-corrected chi connectivity index (χ3v) is 7.51. The molecule has 1 N–H and O–H groups in total. The number of fused-ring (bicyclic) bond motifs is 1. The van der Waals surface area contributed by atoms with Crippen molar-refractivity contribution in [3.8, 4) is 0 Å². The smallest absolute Gasteiger partial charge is 0.243 e. The molecule has 1 aliphatic carbocycles. The largest absolute Gasteiger partial charge is 0.322 e. The Morgan fingerprint density at radius 2 is 1.70 bits per heavy atom. The van der Waals surface area contributed by atoms with Crippen LogP contribution in [0.15, 0.2) is 41.3 Å². The summed E-state index contributed by atoms with van der Waals surface area (Å²) in [6.45, 7) is 1.34. The number of nitrogens with one attached hydrogen (secondary N) is 1. The van der Waals surface area contributed by atoms with Crippen LogP contribution in [0.1, 0.15) is 17.5 Å². The number of aryl methyl sites for hydroxylation is 2. The number of sulfonamides is 1. The molecule has 0 radical (unpaired) electrons. The van der Waals surface area contributed by atoms with Gasteiger partial charge in [-0.3, -0.25) is 9.69 Å². The predicted octanol–water partition coefficient (Wildman–Crippen LogP) is 2.40. The van der Waals surface area contributed by atoms with Gasteiger partial charge in [0.25, 0.3) is 0 Å². The van der Waals surface area contributed by atoms with Gasteiger partial charge in [-0.25, -0.2) is 17.2 Å². The fourth-order valence-corrected chi connectivity index (χ4v) is 5.44. The van der Waals surface area contributed by atoms with Gasteiger partial charge < -0.3 is 5.32 Å². The molecular formula is C21H23F2N3O3S. The Labute approximate surface area is 174 Å². The maximum atomic E-state index is 13.7. The lowest BCUT2D eigenvalue weighted by Crippen LogP contribution is -2.50. The normalized spacial score (nSPS) is 17.7. The molecule has 1 amide bonds. The van der Waals surface area contributed by atoms with Gasteiger partial charge in [0.1, 0.15) is 11.6 Å². The highest BCUT2D eigenvalue weighted by Crippen LogP contribution is 2.26. The maximum absolute atomic E-state index is 13.7. The average Bonchev–Trinajstić information content (AvgIpc) is 3.18. The fraction of sp³-hybridized carbons (Fsp3) is 0.381. The number of halogens is 2. The standard InChI is InChI=1S/C21H23F2N3O3S/c22-17-5-7-20(19(23)13-17)24-21(27)14-25-8-10-26(11-9-25)30(28,29)18-6-4-15-2-1-3-16(15)12-18/h4-7,12-13H,1-3,8-11,14H2,(H,24,27). The number of carbonyl (C=O) groups is 1. The van der Waals surface area contributed by atoms with Gasteiger partial charge in [-0.2, -0.15) is 4.31 Å². The summed E-state index contributed by atoms with van der Waals surface area (Å²) in [5, 5.41) is 2.42. The van der Waals surface area contributed by atoms with Crippen LogP contribution < -0.4 is 5.32 Å². The molecule has 1 fully saturated rings. The zero-order chi connectivity index (χ0) is 21.3. The van der Waals surface area contributed by atoms with E-state index in [9.17, 15) is 22.0 Å². The second-order valence-electron chi connectivity index (χ2n) is 7.64. The van der Waals surface area contributed by atoms with E-state index in [1.807, 2.05) is 11.0 Å². The average molecular weight is 435 g/mol. The zero-order valence-corrected chi connectivity index (χ0v) is 17.2. The van der Waals surface area contributed by atoms with Gasteiger partial charge in [0.15, 0.2) is 0 Å². The van der Waals surface area contributed by atoms with Gasteiger partial charge >= 0.3 is 0 Å². The molecule has 0 bridgehead atoms. The van der Waals surface area contributed by atoms with Gasteiger partial charge in [-0.15, -0.1) is 0 Å². The minimum atomic E-state index is -3.57. The number of amides is 1. The lowest BCUT2D eigenvalue weighted by atomic mass is 10.1. The molecule has 30 heavy (non-hydrogen) atoms. The Morgan fingerprint density at radius 3 is 2.43 bits per heavy atom. The Balaban J connectivity index is 1.33. The number of nitrogens with zero attached hydrogens (tertiary/aromatic N) is 2. The molecule has 4 rings (SSSR count). The van der Waals surface area contributed by atoms with Crippen molar-refractivity contribution in [3.05, 3.63) is 59.2 Å².